The maximum absolute atomic E-state index is 12.0. The molecule has 2 aromatic rings. The van der Waals surface area contributed by atoms with E-state index in [9.17, 15) is 4.79 Å². The van der Waals surface area contributed by atoms with E-state index in [0.717, 1.165) is 23.6 Å². The first-order valence-corrected chi connectivity index (χ1v) is 7.24. The minimum Gasteiger partial charge on any atom is -0.325 e. The van der Waals surface area contributed by atoms with Gasteiger partial charge in [-0.05, 0) is 31.9 Å². The van der Waals surface area contributed by atoms with Gasteiger partial charge in [0, 0.05) is 24.6 Å². The van der Waals surface area contributed by atoms with E-state index in [2.05, 4.69) is 25.8 Å². The molecule has 0 unspecified atom stereocenters. The van der Waals surface area contributed by atoms with Gasteiger partial charge in [0.1, 0.15) is 5.82 Å². The number of hydrogen-bond donors (Lipinski definition) is 3. The molecule has 6 nitrogen and oxygen atoms in total. The fourth-order valence-electron chi connectivity index (χ4n) is 2.14. The Morgan fingerprint density at radius 3 is 2.90 bits per heavy atom. The molecule has 3 N–H and O–H groups in total. The zero-order valence-corrected chi connectivity index (χ0v) is 12.0. The van der Waals surface area contributed by atoms with Crippen LogP contribution in [0.5, 0.6) is 0 Å². The molecule has 0 atom stereocenters. The Kier molecular flexibility index (Phi) is 3.96. The summed E-state index contributed by atoms with van der Waals surface area (Å²) in [6.45, 7) is 2.57. The van der Waals surface area contributed by atoms with Crippen LogP contribution in [0.25, 0.3) is 11.4 Å². The van der Waals surface area contributed by atoms with E-state index >= 15 is 0 Å². The molecule has 0 spiro atoms. The van der Waals surface area contributed by atoms with Crippen LogP contribution >= 0.6 is 0 Å². The van der Waals surface area contributed by atoms with Gasteiger partial charge < -0.3 is 10.6 Å². The third kappa shape index (κ3) is 3.66. The molecule has 1 amide bonds. The van der Waals surface area contributed by atoms with Crippen LogP contribution in [0.15, 0.2) is 24.3 Å². The Hall–Kier alpha value is -2.21. The molecule has 110 valence electrons. The van der Waals surface area contributed by atoms with Crippen LogP contribution < -0.4 is 10.6 Å². The van der Waals surface area contributed by atoms with Gasteiger partial charge in [-0.15, -0.1) is 0 Å². The molecule has 1 aliphatic rings. The number of amides is 1. The molecule has 0 bridgehead atoms. The highest BCUT2D eigenvalue weighted by Crippen LogP contribution is 2.24. The van der Waals surface area contributed by atoms with Crippen molar-refractivity contribution >= 4 is 11.6 Å². The van der Waals surface area contributed by atoms with Gasteiger partial charge in [-0.1, -0.05) is 12.1 Å². The van der Waals surface area contributed by atoms with Gasteiger partial charge >= 0.3 is 0 Å². The summed E-state index contributed by atoms with van der Waals surface area (Å²) in [5, 5.41) is 13.2. The van der Waals surface area contributed by atoms with Crippen molar-refractivity contribution in [1.82, 2.24) is 20.5 Å². The summed E-state index contributed by atoms with van der Waals surface area (Å²) in [5.41, 5.74) is 1.57. The van der Waals surface area contributed by atoms with Crippen LogP contribution in [-0.4, -0.2) is 33.7 Å². The molecule has 6 heteroatoms. The fraction of sp³-hybridized carbons (Fsp3) is 0.400. The maximum Gasteiger partial charge on any atom is 0.225 e. The lowest BCUT2D eigenvalue weighted by atomic mass is 10.1. The van der Waals surface area contributed by atoms with Crippen LogP contribution in [0.4, 0.5) is 5.69 Å². The predicted octanol–water partition coefficient (Wildman–Crippen LogP) is 1.86. The van der Waals surface area contributed by atoms with Crippen molar-refractivity contribution < 1.29 is 4.79 Å². The van der Waals surface area contributed by atoms with E-state index in [1.54, 1.807) is 0 Å². The Labute approximate surface area is 123 Å². The number of aromatic nitrogens is 3. The predicted molar refractivity (Wildman–Crippen MR) is 80.8 cm³/mol. The van der Waals surface area contributed by atoms with Gasteiger partial charge in [-0.2, -0.15) is 5.10 Å². The lowest BCUT2D eigenvalue weighted by Crippen LogP contribution is -2.23. The molecular weight excluding hydrogens is 266 g/mol. The maximum atomic E-state index is 12.0. The first-order chi connectivity index (χ1) is 10.2. The van der Waals surface area contributed by atoms with Crippen molar-refractivity contribution in [3.8, 4) is 11.4 Å². The highest BCUT2D eigenvalue weighted by atomic mass is 16.1. The smallest absolute Gasteiger partial charge is 0.225 e. The van der Waals surface area contributed by atoms with Crippen molar-refractivity contribution in [3.05, 3.63) is 30.1 Å². The lowest BCUT2D eigenvalue weighted by Gasteiger charge is -2.09. The summed E-state index contributed by atoms with van der Waals surface area (Å²) < 4.78 is 0. The summed E-state index contributed by atoms with van der Waals surface area (Å²) >= 11 is 0. The molecular formula is C15H19N5O. The van der Waals surface area contributed by atoms with E-state index in [1.807, 2.05) is 31.2 Å². The van der Waals surface area contributed by atoms with Gasteiger partial charge in [0.2, 0.25) is 5.91 Å². The SMILES string of the molecule is Cc1nc(-c2ccccc2NC(=O)CCNC2CC2)n[nH]1. The summed E-state index contributed by atoms with van der Waals surface area (Å²) in [6, 6.07) is 8.20. The van der Waals surface area contributed by atoms with E-state index < -0.39 is 0 Å². The number of carbonyl (C=O) groups is 1. The Morgan fingerprint density at radius 1 is 1.38 bits per heavy atom. The zero-order valence-electron chi connectivity index (χ0n) is 12.0. The number of H-pyrrole nitrogens is 1. The van der Waals surface area contributed by atoms with Gasteiger partial charge in [-0.3, -0.25) is 9.89 Å². The van der Waals surface area contributed by atoms with Gasteiger partial charge in [0.15, 0.2) is 5.82 Å². The number of nitrogens with zero attached hydrogens (tertiary/aromatic N) is 2. The first-order valence-electron chi connectivity index (χ1n) is 7.24. The van der Waals surface area contributed by atoms with Crippen molar-refractivity contribution in [2.24, 2.45) is 0 Å². The standard InChI is InChI=1S/C15H19N5O/c1-10-17-15(20-19-10)12-4-2-3-5-13(12)18-14(21)8-9-16-11-6-7-11/h2-5,11,16H,6-9H2,1H3,(H,18,21)(H,17,19,20). The summed E-state index contributed by atoms with van der Waals surface area (Å²) in [5.74, 6) is 1.35. The van der Waals surface area contributed by atoms with E-state index in [-0.39, 0.29) is 5.91 Å². The number of hydrogen-bond acceptors (Lipinski definition) is 4. The largest absolute Gasteiger partial charge is 0.325 e. The van der Waals surface area contributed by atoms with Crippen molar-refractivity contribution in [3.63, 3.8) is 0 Å². The highest BCUT2D eigenvalue weighted by Gasteiger charge is 2.20. The van der Waals surface area contributed by atoms with Crippen LogP contribution in [0.3, 0.4) is 0 Å². The van der Waals surface area contributed by atoms with Crippen LogP contribution in [0.1, 0.15) is 25.1 Å². The average molecular weight is 285 g/mol. The molecule has 1 heterocycles. The molecule has 1 aromatic carbocycles. The number of para-hydroxylation sites is 1. The third-order valence-electron chi connectivity index (χ3n) is 3.40. The first kappa shape index (κ1) is 13.8. The summed E-state index contributed by atoms with van der Waals surface area (Å²) in [6.07, 6.45) is 2.93. The number of carbonyl (C=O) groups excluding carboxylic acids is 1. The summed E-state index contributed by atoms with van der Waals surface area (Å²) in [7, 11) is 0. The van der Waals surface area contributed by atoms with Crippen LogP contribution in [0.2, 0.25) is 0 Å². The van der Waals surface area contributed by atoms with E-state index in [4.69, 9.17) is 0 Å². The van der Waals surface area contributed by atoms with Crippen LogP contribution in [0, 0.1) is 6.92 Å². The second-order valence-corrected chi connectivity index (χ2v) is 5.32. The number of aromatic amines is 1. The minimum atomic E-state index is 0.00265. The van der Waals surface area contributed by atoms with E-state index in [1.165, 1.54) is 12.8 Å². The van der Waals surface area contributed by atoms with Crippen molar-refractivity contribution in [1.29, 1.82) is 0 Å². The Morgan fingerprint density at radius 2 is 2.19 bits per heavy atom. The zero-order chi connectivity index (χ0) is 14.7. The third-order valence-corrected chi connectivity index (χ3v) is 3.40. The molecule has 1 aliphatic carbocycles. The molecule has 1 aromatic heterocycles. The average Bonchev–Trinajstić information content (AvgIpc) is 3.19. The molecule has 21 heavy (non-hydrogen) atoms. The molecule has 0 aliphatic heterocycles. The fourth-order valence-corrected chi connectivity index (χ4v) is 2.14. The van der Waals surface area contributed by atoms with Crippen molar-refractivity contribution in [2.45, 2.75) is 32.2 Å². The number of aryl methyl sites for hydroxylation is 1. The van der Waals surface area contributed by atoms with Crippen molar-refractivity contribution in [2.75, 3.05) is 11.9 Å². The number of rotatable bonds is 6. The Balaban J connectivity index is 1.65. The quantitative estimate of drug-likeness (QED) is 0.756. The number of benzene rings is 1. The lowest BCUT2D eigenvalue weighted by molar-refractivity contribution is -0.116. The number of anilines is 1. The highest BCUT2D eigenvalue weighted by molar-refractivity contribution is 5.94. The van der Waals surface area contributed by atoms with Gasteiger partial charge in [-0.25, -0.2) is 4.98 Å². The second-order valence-electron chi connectivity index (χ2n) is 5.32. The minimum absolute atomic E-state index is 0.00265. The number of nitrogens with one attached hydrogen (secondary N) is 3. The molecule has 3 rings (SSSR count). The molecule has 0 radical (unpaired) electrons. The molecule has 0 saturated heterocycles. The normalized spacial score (nSPS) is 14.1. The second kappa shape index (κ2) is 6.05. The van der Waals surface area contributed by atoms with Crippen LogP contribution in [-0.2, 0) is 4.79 Å². The molecule has 1 saturated carbocycles. The Bertz CT molecular complexity index is 632. The monoisotopic (exact) mass is 285 g/mol. The topological polar surface area (TPSA) is 82.7 Å². The van der Waals surface area contributed by atoms with E-state index in [0.29, 0.717) is 18.3 Å². The summed E-state index contributed by atoms with van der Waals surface area (Å²) in [4.78, 5) is 16.3. The van der Waals surface area contributed by atoms with Gasteiger partial charge in [0.05, 0.1) is 5.69 Å². The molecule has 1 fully saturated rings. The van der Waals surface area contributed by atoms with Gasteiger partial charge in [0.25, 0.3) is 0 Å².